The third-order valence-electron chi connectivity index (χ3n) is 4.45. The van der Waals surface area contributed by atoms with E-state index in [1.54, 1.807) is 45.0 Å². The van der Waals surface area contributed by atoms with Crippen molar-refractivity contribution in [1.82, 2.24) is 4.90 Å². The lowest BCUT2D eigenvalue weighted by Crippen LogP contribution is -2.50. The second-order valence-electron chi connectivity index (χ2n) is 6.66. The van der Waals surface area contributed by atoms with Crippen LogP contribution in [0.5, 0.6) is 0 Å². The Morgan fingerprint density at radius 2 is 1.62 bits per heavy atom. The Bertz CT molecular complexity index is 873. The van der Waals surface area contributed by atoms with Crippen LogP contribution in [0, 0.1) is 18.7 Å². The largest absolute Gasteiger partial charge is 0.324 e. The molecule has 0 unspecified atom stereocenters. The number of imide groups is 1. The van der Waals surface area contributed by atoms with E-state index in [9.17, 15) is 18.8 Å². The molecule has 3 rings (SSSR count). The minimum Gasteiger partial charge on any atom is -0.324 e. The van der Waals surface area contributed by atoms with Gasteiger partial charge < -0.3 is 5.32 Å². The van der Waals surface area contributed by atoms with Crippen LogP contribution in [0.1, 0.15) is 40.1 Å². The highest BCUT2D eigenvalue weighted by Crippen LogP contribution is 2.28. The molecule has 5 nitrogen and oxygen atoms in total. The number of rotatable bonds is 4. The SMILES string of the molecule is Cc1cc(F)ccc1NC(=O)[C@H](C(C)C)N1C(=O)c2ccccc2C1=O. The number of amides is 3. The zero-order valence-electron chi connectivity index (χ0n) is 14.7. The van der Waals surface area contributed by atoms with Gasteiger partial charge in [-0.05, 0) is 48.7 Å². The maximum Gasteiger partial charge on any atom is 0.262 e. The van der Waals surface area contributed by atoms with Gasteiger partial charge in [0.05, 0.1) is 11.1 Å². The van der Waals surface area contributed by atoms with Gasteiger partial charge in [-0.25, -0.2) is 4.39 Å². The number of nitrogens with one attached hydrogen (secondary N) is 1. The molecule has 0 saturated carbocycles. The summed E-state index contributed by atoms with van der Waals surface area (Å²) in [6.07, 6.45) is 0. The Labute approximate surface area is 150 Å². The van der Waals surface area contributed by atoms with Crippen LogP contribution in [-0.2, 0) is 4.79 Å². The number of aryl methyl sites for hydroxylation is 1. The molecule has 3 amide bonds. The molecule has 0 fully saturated rings. The number of hydrogen-bond donors (Lipinski definition) is 1. The Morgan fingerprint density at radius 3 is 2.12 bits per heavy atom. The highest BCUT2D eigenvalue weighted by atomic mass is 19.1. The van der Waals surface area contributed by atoms with Gasteiger partial charge in [0.25, 0.3) is 11.8 Å². The maximum absolute atomic E-state index is 13.3. The average Bonchev–Trinajstić information content (AvgIpc) is 2.83. The number of anilines is 1. The number of halogens is 1. The van der Waals surface area contributed by atoms with Crippen LogP contribution in [0.25, 0.3) is 0 Å². The summed E-state index contributed by atoms with van der Waals surface area (Å²) in [6.45, 7) is 5.21. The topological polar surface area (TPSA) is 66.5 Å². The zero-order chi connectivity index (χ0) is 19.0. The first kappa shape index (κ1) is 17.8. The quantitative estimate of drug-likeness (QED) is 0.856. The molecule has 1 N–H and O–H groups in total. The van der Waals surface area contributed by atoms with E-state index in [1.165, 1.54) is 18.2 Å². The number of fused-ring (bicyclic) bond motifs is 1. The minimum absolute atomic E-state index is 0.294. The lowest BCUT2D eigenvalue weighted by atomic mass is 10.0. The highest BCUT2D eigenvalue weighted by Gasteiger charge is 2.43. The van der Waals surface area contributed by atoms with Crippen molar-refractivity contribution in [3.63, 3.8) is 0 Å². The Morgan fingerprint density at radius 1 is 1.04 bits per heavy atom. The van der Waals surface area contributed by atoms with E-state index in [1.807, 2.05) is 0 Å². The molecular formula is C20H19FN2O3. The highest BCUT2D eigenvalue weighted by molar-refractivity contribution is 6.23. The van der Waals surface area contributed by atoms with E-state index in [2.05, 4.69) is 5.32 Å². The molecule has 2 aromatic carbocycles. The van der Waals surface area contributed by atoms with Crippen LogP contribution in [0.3, 0.4) is 0 Å². The second-order valence-corrected chi connectivity index (χ2v) is 6.66. The van der Waals surface area contributed by atoms with Crippen LogP contribution in [0.15, 0.2) is 42.5 Å². The van der Waals surface area contributed by atoms with Gasteiger partial charge in [0.2, 0.25) is 5.91 Å². The van der Waals surface area contributed by atoms with Crippen molar-refractivity contribution in [2.24, 2.45) is 5.92 Å². The Kier molecular flexibility index (Phi) is 4.59. The average molecular weight is 354 g/mol. The van der Waals surface area contributed by atoms with Gasteiger partial charge in [-0.3, -0.25) is 19.3 Å². The van der Waals surface area contributed by atoms with Crippen LogP contribution in [0.2, 0.25) is 0 Å². The molecule has 0 aliphatic carbocycles. The third kappa shape index (κ3) is 2.98. The fourth-order valence-corrected chi connectivity index (χ4v) is 3.15. The molecule has 1 aliphatic rings. The Hall–Kier alpha value is -3.02. The predicted molar refractivity (Wildman–Crippen MR) is 95.3 cm³/mol. The normalized spacial score (nSPS) is 14.6. The second kappa shape index (κ2) is 6.71. The van der Waals surface area contributed by atoms with Crippen LogP contribution in [0.4, 0.5) is 10.1 Å². The van der Waals surface area contributed by atoms with E-state index in [0.717, 1.165) is 4.90 Å². The van der Waals surface area contributed by atoms with E-state index >= 15 is 0 Å². The summed E-state index contributed by atoms with van der Waals surface area (Å²) < 4.78 is 13.3. The zero-order valence-corrected chi connectivity index (χ0v) is 14.7. The lowest BCUT2D eigenvalue weighted by molar-refractivity contribution is -0.121. The summed E-state index contributed by atoms with van der Waals surface area (Å²) in [7, 11) is 0. The molecule has 1 heterocycles. The van der Waals surface area contributed by atoms with Crippen LogP contribution >= 0.6 is 0 Å². The number of hydrogen-bond acceptors (Lipinski definition) is 3. The van der Waals surface area contributed by atoms with Gasteiger partial charge >= 0.3 is 0 Å². The number of benzene rings is 2. The van der Waals surface area contributed by atoms with Crippen molar-refractivity contribution in [1.29, 1.82) is 0 Å². The molecule has 26 heavy (non-hydrogen) atoms. The van der Waals surface area contributed by atoms with Crippen LogP contribution < -0.4 is 5.32 Å². The van der Waals surface area contributed by atoms with Crippen molar-refractivity contribution in [2.45, 2.75) is 26.8 Å². The molecule has 134 valence electrons. The van der Waals surface area contributed by atoms with Gasteiger partial charge in [0.1, 0.15) is 11.9 Å². The molecule has 1 atom stereocenters. The van der Waals surface area contributed by atoms with E-state index < -0.39 is 29.6 Å². The summed E-state index contributed by atoms with van der Waals surface area (Å²) >= 11 is 0. The monoisotopic (exact) mass is 354 g/mol. The van der Waals surface area contributed by atoms with Gasteiger partial charge in [-0.1, -0.05) is 26.0 Å². The van der Waals surface area contributed by atoms with Crippen LogP contribution in [-0.4, -0.2) is 28.7 Å². The first-order chi connectivity index (χ1) is 12.3. The molecule has 0 aromatic heterocycles. The number of nitrogens with zero attached hydrogens (tertiary/aromatic N) is 1. The number of carbonyl (C=O) groups excluding carboxylic acids is 3. The minimum atomic E-state index is -0.966. The fourth-order valence-electron chi connectivity index (χ4n) is 3.15. The Balaban J connectivity index is 1.92. The third-order valence-corrected chi connectivity index (χ3v) is 4.45. The molecule has 0 saturated heterocycles. The molecule has 2 aromatic rings. The predicted octanol–water partition coefficient (Wildman–Crippen LogP) is 3.39. The van der Waals surface area contributed by atoms with Crippen molar-refractivity contribution >= 4 is 23.4 Å². The van der Waals surface area contributed by atoms with E-state index in [-0.39, 0.29) is 5.92 Å². The van der Waals surface area contributed by atoms with Crippen molar-refractivity contribution in [3.05, 3.63) is 65.0 Å². The molecular weight excluding hydrogens is 335 g/mol. The van der Waals surface area contributed by atoms with Crippen molar-refractivity contribution in [3.8, 4) is 0 Å². The van der Waals surface area contributed by atoms with E-state index in [4.69, 9.17) is 0 Å². The van der Waals surface area contributed by atoms with Gasteiger partial charge in [-0.15, -0.1) is 0 Å². The molecule has 0 bridgehead atoms. The van der Waals surface area contributed by atoms with Gasteiger partial charge in [0, 0.05) is 5.69 Å². The summed E-state index contributed by atoms with van der Waals surface area (Å²) in [5, 5.41) is 2.71. The maximum atomic E-state index is 13.3. The smallest absolute Gasteiger partial charge is 0.262 e. The molecule has 0 radical (unpaired) electrons. The molecule has 0 spiro atoms. The lowest BCUT2D eigenvalue weighted by Gasteiger charge is -2.28. The van der Waals surface area contributed by atoms with Crippen molar-refractivity contribution < 1.29 is 18.8 Å². The van der Waals surface area contributed by atoms with E-state index in [0.29, 0.717) is 22.4 Å². The summed E-state index contributed by atoms with van der Waals surface area (Å²) in [6, 6.07) is 9.56. The standard InChI is InChI=1S/C20H19FN2O3/c1-11(2)17(18(24)22-16-9-8-13(21)10-12(16)3)23-19(25)14-6-4-5-7-15(14)20(23)26/h4-11,17H,1-3H3,(H,22,24)/t17-/m0/s1. The first-order valence-electron chi connectivity index (χ1n) is 8.35. The summed E-state index contributed by atoms with van der Waals surface area (Å²) in [5.74, 6) is -2.13. The fraction of sp³-hybridized carbons (Fsp3) is 0.250. The van der Waals surface area contributed by atoms with Gasteiger partial charge in [0.15, 0.2) is 0 Å². The molecule has 1 aliphatic heterocycles. The summed E-state index contributed by atoms with van der Waals surface area (Å²) in [5.41, 5.74) is 1.60. The first-order valence-corrected chi connectivity index (χ1v) is 8.35. The summed E-state index contributed by atoms with van der Waals surface area (Å²) in [4.78, 5) is 39.3. The van der Waals surface area contributed by atoms with Crippen molar-refractivity contribution in [2.75, 3.05) is 5.32 Å². The van der Waals surface area contributed by atoms with Gasteiger partial charge in [-0.2, -0.15) is 0 Å². The number of carbonyl (C=O) groups is 3. The molecule has 6 heteroatoms.